The van der Waals surface area contributed by atoms with Crippen LogP contribution in [-0.2, 0) is 13.6 Å². The maximum Gasteiger partial charge on any atom is 0.171 e. The number of Topliss-reactive ketones (excluding diaryl/α,β-unsaturated/α-hetero) is 1. The Morgan fingerprint density at radius 2 is 2.25 bits per heavy atom. The molecule has 0 fully saturated rings. The first-order valence-corrected chi connectivity index (χ1v) is 8.90. The van der Waals surface area contributed by atoms with Crippen LogP contribution in [0.1, 0.15) is 16.2 Å². The summed E-state index contributed by atoms with van der Waals surface area (Å²) in [5, 5.41) is 2.04. The second-order valence-corrected chi connectivity index (χ2v) is 7.13. The Morgan fingerprint density at radius 3 is 2.96 bits per heavy atom. The largest absolute Gasteiger partial charge is 0.497 e. The number of imidazole rings is 1. The zero-order valence-electron chi connectivity index (χ0n) is 13.9. The summed E-state index contributed by atoms with van der Waals surface area (Å²) in [6.45, 7) is 2.64. The van der Waals surface area contributed by atoms with Crippen molar-refractivity contribution in [1.82, 2.24) is 14.1 Å². The molecule has 5 nitrogen and oxygen atoms in total. The fraction of sp³-hybridized carbons (Fsp3) is 0.333. The number of hydrogen-bond donors (Lipinski definition) is 0. The molecule has 0 amide bonds. The lowest BCUT2D eigenvalue weighted by molar-refractivity contribution is 0.0916. The van der Waals surface area contributed by atoms with Gasteiger partial charge in [0.15, 0.2) is 5.78 Å². The number of hydrogen-bond acceptors (Lipinski definition) is 4. The number of methoxy groups -OCH3 is 1. The SMILES string of the molecule is COc1ccc2c(c1)c1c(n2C)SCC(Cn2ccnc2C)C1=O. The summed E-state index contributed by atoms with van der Waals surface area (Å²) >= 11 is 1.76. The molecular formula is C18H19N3O2S. The lowest BCUT2D eigenvalue weighted by Crippen LogP contribution is -2.27. The Bertz CT molecular complexity index is 941. The zero-order chi connectivity index (χ0) is 16.8. The molecule has 6 heteroatoms. The van der Waals surface area contributed by atoms with Crippen LogP contribution in [0.4, 0.5) is 0 Å². The molecule has 4 rings (SSSR count). The van der Waals surface area contributed by atoms with Gasteiger partial charge in [-0.1, -0.05) is 0 Å². The Labute approximate surface area is 144 Å². The topological polar surface area (TPSA) is 49.0 Å². The van der Waals surface area contributed by atoms with Gasteiger partial charge in [0, 0.05) is 48.6 Å². The standard InChI is InChI=1S/C18H19N3O2S/c1-11-19-6-7-21(11)9-12-10-24-18-16(17(12)22)14-8-13(23-3)4-5-15(14)20(18)2/h4-8,12H,9-10H2,1-3H3. The molecule has 1 atom stereocenters. The molecule has 3 aromatic rings. The first-order valence-electron chi connectivity index (χ1n) is 7.91. The van der Waals surface area contributed by atoms with E-state index in [9.17, 15) is 4.79 Å². The highest BCUT2D eigenvalue weighted by molar-refractivity contribution is 7.99. The predicted octanol–water partition coefficient (Wildman–Crippen LogP) is 3.30. The van der Waals surface area contributed by atoms with Crippen molar-refractivity contribution in [2.45, 2.75) is 18.5 Å². The number of aromatic nitrogens is 3. The number of thioether (sulfide) groups is 1. The molecule has 0 saturated heterocycles. The van der Waals surface area contributed by atoms with Gasteiger partial charge in [0.25, 0.3) is 0 Å². The summed E-state index contributed by atoms with van der Waals surface area (Å²) < 4.78 is 9.52. The van der Waals surface area contributed by atoms with Crippen LogP contribution in [0.3, 0.4) is 0 Å². The molecule has 1 aliphatic rings. The van der Waals surface area contributed by atoms with E-state index in [1.165, 1.54) is 0 Å². The van der Waals surface area contributed by atoms with Crippen molar-refractivity contribution >= 4 is 28.4 Å². The summed E-state index contributed by atoms with van der Waals surface area (Å²) in [6.07, 6.45) is 3.72. The highest BCUT2D eigenvalue weighted by Gasteiger charge is 2.33. The van der Waals surface area contributed by atoms with Crippen molar-refractivity contribution in [2.75, 3.05) is 12.9 Å². The van der Waals surface area contributed by atoms with Crippen molar-refractivity contribution in [3.63, 3.8) is 0 Å². The second kappa shape index (κ2) is 5.70. The van der Waals surface area contributed by atoms with Crippen molar-refractivity contribution in [3.8, 4) is 5.75 Å². The van der Waals surface area contributed by atoms with Gasteiger partial charge in [0.2, 0.25) is 0 Å². The molecule has 0 saturated carbocycles. The summed E-state index contributed by atoms with van der Waals surface area (Å²) in [4.78, 5) is 17.4. The van der Waals surface area contributed by atoms with Crippen LogP contribution in [0.15, 0.2) is 35.6 Å². The molecule has 3 heterocycles. The third-order valence-corrected chi connectivity index (χ3v) is 6.05. The fourth-order valence-electron chi connectivity index (χ4n) is 3.36. The van der Waals surface area contributed by atoms with E-state index in [0.29, 0.717) is 6.54 Å². The smallest absolute Gasteiger partial charge is 0.171 e. The second-order valence-electron chi connectivity index (χ2n) is 6.12. The van der Waals surface area contributed by atoms with Gasteiger partial charge in [0.05, 0.1) is 17.7 Å². The first-order chi connectivity index (χ1) is 11.6. The number of carbonyl (C=O) groups is 1. The van der Waals surface area contributed by atoms with Crippen molar-refractivity contribution in [2.24, 2.45) is 13.0 Å². The van der Waals surface area contributed by atoms with Gasteiger partial charge in [-0.25, -0.2) is 4.98 Å². The van der Waals surface area contributed by atoms with E-state index in [0.717, 1.165) is 38.8 Å². The predicted molar refractivity (Wildman–Crippen MR) is 95.0 cm³/mol. The summed E-state index contributed by atoms with van der Waals surface area (Å²) in [5.41, 5.74) is 1.91. The minimum atomic E-state index is -0.0350. The molecule has 0 radical (unpaired) electrons. The normalized spacial score (nSPS) is 17.3. The summed E-state index contributed by atoms with van der Waals surface area (Å²) in [5.74, 6) is 2.70. The quantitative estimate of drug-likeness (QED) is 0.733. The average Bonchev–Trinajstić information content (AvgIpc) is 3.12. The third kappa shape index (κ3) is 2.24. The van der Waals surface area contributed by atoms with Crippen molar-refractivity contribution in [1.29, 1.82) is 0 Å². The van der Waals surface area contributed by atoms with Gasteiger partial charge in [0.1, 0.15) is 11.6 Å². The molecule has 0 spiro atoms. The molecule has 1 aromatic carbocycles. The van der Waals surface area contributed by atoms with E-state index in [1.807, 2.05) is 38.4 Å². The van der Waals surface area contributed by atoms with Gasteiger partial charge in [-0.05, 0) is 25.1 Å². The number of ether oxygens (including phenoxy) is 1. The van der Waals surface area contributed by atoms with Crippen LogP contribution in [-0.4, -0.2) is 32.8 Å². The lowest BCUT2D eigenvalue weighted by Gasteiger charge is -2.22. The van der Waals surface area contributed by atoms with Crippen LogP contribution in [0.25, 0.3) is 10.9 Å². The summed E-state index contributed by atoms with van der Waals surface area (Å²) in [7, 11) is 3.67. The van der Waals surface area contributed by atoms with Crippen LogP contribution in [0, 0.1) is 12.8 Å². The Balaban J connectivity index is 1.78. The zero-order valence-corrected chi connectivity index (χ0v) is 14.8. The Morgan fingerprint density at radius 1 is 1.42 bits per heavy atom. The molecular weight excluding hydrogens is 322 g/mol. The number of carbonyl (C=O) groups excluding carboxylic acids is 1. The van der Waals surface area contributed by atoms with Crippen LogP contribution in [0.5, 0.6) is 5.75 Å². The number of fused-ring (bicyclic) bond motifs is 3. The minimum Gasteiger partial charge on any atom is -0.497 e. The molecule has 124 valence electrons. The number of rotatable bonds is 3. The molecule has 0 aliphatic carbocycles. The average molecular weight is 341 g/mol. The minimum absolute atomic E-state index is 0.0350. The summed E-state index contributed by atoms with van der Waals surface area (Å²) in [6, 6.07) is 5.93. The van der Waals surface area contributed by atoms with Gasteiger partial charge < -0.3 is 13.9 Å². The van der Waals surface area contributed by atoms with Crippen molar-refractivity contribution in [3.05, 3.63) is 42.0 Å². The molecule has 1 aliphatic heterocycles. The molecule has 24 heavy (non-hydrogen) atoms. The van der Waals surface area contributed by atoms with E-state index in [2.05, 4.69) is 14.1 Å². The lowest BCUT2D eigenvalue weighted by atomic mass is 9.98. The number of aryl methyl sites for hydroxylation is 2. The maximum absolute atomic E-state index is 13.2. The maximum atomic E-state index is 13.2. The van der Waals surface area contributed by atoms with Gasteiger partial charge in [-0.3, -0.25) is 4.79 Å². The fourth-order valence-corrected chi connectivity index (χ4v) is 4.63. The van der Waals surface area contributed by atoms with Crippen LogP contribution >= 0.6 is 11.8 Å². The first kappa shape index (κ1) is 15.3. The van der Waals surface area contributed by atoms with Gasteiger partial charge >= 0.3 is 0 Å². The number of nitrogens with zero attached hydrogens (tertiary/aromatic N) is 3. The van der Waals surface area contributed by atoms with Gasteiger partial charge in [-0.15, -0.1) is 11.8 Å². The molecule has 0 bridgehead atoms. The van der Waals surface area contributed by atoms with Gasteiger partial charge in [-0.2, -0.15) is 0 Å². The van der Waals surface area contributed by atoms with E-state index >= 15 is 0 Å². The highest BCUT2D eigenvalue weighted by Crippen LogP contribution is 2.40. The van der Waals surface area contributed by atoms with Crippen LogP contribution < -0.4 is 4.74 Å². The van der Waals surface area contributed by atoms with E-state index < -0.39 is 0 Å². The molecule has 1 unspecified atom stereocenters. The molecule has 2 aromatic heterocycles. The monoisotopic (exact) mass is 341 g/mol. The van der Waals surface area contributed by atoms with E-state index in [-0.39, 0.29) is 11.7 Å². The Hall–Kier alpha value is -2.21. The Kier molecular flexibility index (Phi) is 3.64. The van der Waals surface area contributed by atoms with E-state index in [4.69, 9.17) is 4.74 Å². The number of ketones is 1. The van der Waals surface area contributed by atoms with E-state index in [1.54, 1.807) is 25.1 Å². The van der Waals surface area contributed by atoms with Crippen LogP contribution in [0.2, 0.25) is 0 Å². The van der Waals surface area contributed by atoms with Crippen molar-refractivity contribution < 1.29 is 9.53 Å². The molecule has 0 N–H and O–H groups in total. The number of benzene rings is 1. The third-order valence-electron chi connectivity index (χ3n) is 4.73. The highest BCUT2D eigenvalue weighted by atomic mass is 32.2.